The summed E-state index contributed by atoms with van der Waals surface area (Å²) in [5, 5.41) is 12.0. The Morgan fingerprint density at radius 3 is 2.70 bits per heavy atom. The molecule has 2 rings (SSSR count). The van der Waals surface area contributed by atoms with E-state index >= 15 is 0 Å². The summed E-state index contributed by atoms with van der Waals surface area (Å²) in [6, 6.07) is -0.209. The van der Waals surface area contributed by atoms with Gasteiger partial charge in [0.1, 0.15) is 0 Å². The highest BCUT2D eigenvalue weighted by Gasteiger charge is 2.29. The third kappa shape index (κ3) is 4.12. The number of carbonyl (C=O) groups is 2. The maximum atomic E-state index is 12.3. The Kier molecular flexibility index (Phi) is 5.26. The van der Waals surface area contributed by atoms with Crippen molar-refractivity contribution in [1.29, 1.82) is 0 Å². The van der Waals surface area contributed by atoms with Gasteiger partial charge in [0, 0.05) is 19.1 Å². The van der Waals surface area contributed by atoms with Crippen LogP contribution in [0, 0.1) is 11.8 Å². The van der Waals surface area contributed by atoms with Crippen LogP contribution < -0.4 is 5.32 Å². The molecule has 1 aliphatic carbocycles. The minimum absolute atomic E-state index is 0.0634. The monoisotopic (exact) mass is 282 g/mol. The molecule has 3 unspecified atom stereocenters. The van der Waals surface area contributed by atoms with Gasteiger partial charge in [-0.15, -0.1) is 0 Å². The second-order valence-electron chi connectivity index (χ2n) is 6.41. The maximum Gasteiger partial charge on any atom is 0.317 e. The lowest BCUT2D eigenvalue weighted by atomic mass is 10.00. The molecular formula is C15H26N2O3. The number of hydrogen-bond donors (Lipinski definition) is 2. The van der Waals surface area contributed by atoms with Crippen LogP contribution in [0.15, 0.2) is 0 Å². The van der Waals surface area contributed by atoms with E-state index in [-0.39, 0.29) is 18.5 Å². The van der Waals surface area contributed by atoms with E-state index in [1.54, 1.807) is 4.90 Å². The van der Waals surface area contributed by atoms with Gasteiger partial charge in [-0.3, -0.25) is 4.79 Å². The van der Waals surface area contributed by atoms with Crippen molar-refractivity contribution in [3.05, 3.63) is 0 Å². The first-order valence-electron chi connectivity index (χ1n) is 7.82. The fraction of sp³-hybridized carbons (Fsp3) is 0.867. The smallest absolute Gasteiger partial charge is 0.317 e. The summed E-state index contributed by atoms with van der Waals surface area (Å²) in [4.78, 5) is 24.9. The Morgan fingerprint density at radius 1 is 1.25 bits per heavy atom. The Morgan fingerprint density at radius 2 is 2.05 bits per heavy atom. The standard InChI is InChI=1S/C15H26N2O3/c1-11-5-6-12(8-11)10-16-15(20)17-7-3-2-4-13(17)9-14(18)19/h11-13H,2-10H2,1H3,(H,16,20)(H,18,19). The molecule has 2 amide bonds. The Labute approximate surface area is 120 Å². The molecule has 0 aromatic rings. The molecule has 5 heteroatoms. The van der Waals surface area contributed by atoms with Gasteiger partial charge >= 0.3 is 12.0 Å². The third-order valence-corrected chi connectivity index (χ3v) is 4.64. The van der Waals surface area contributed by atoms with Crippen LogP contribution in [0.5, 0.6) is 0 Å². The summed E-state index contributed by atoms with van der Waals surface area (Å²) in [5.41, 5.74) is 0. The molecule has 2 N–H and O–H groups in total. The quantitative estimate of drug-likeness (QED) is 0.832. The van der Waals surface area contributed by atoms with E-state index in [0.29, 0.717) is 12.5 Å². The minimum atomic E-state index is -0.820. The van der Waals surface area contributed by atoms with Crippen LogP contribution in [0.25, 0.3) is 0 Å². The largest absolute Gasteiger partial charge is 0.481 e. The first kappa shape index (κ1) is 15.1. The van der Waals surface area contributed by atoms with Crippen LogP contribution in [-0.2, 0) is 4.79 Å². The van der Waals surface area contributed by atoms with Crippen molar-refractivity contribution in [3.63, 3.8) is 0 Å². The van der Waals surface area contributed by atoms with Crippen molar-refractivity contribution in [2.45, 2.75) is 57.9 Å². The third-order valence-electron chi connectivity index (χ3n) is 4.64. The molecule has 1 heterocycles. The van der Waals surface area contributed by atoms with Gasteiger partial charge in [-0.1, -0.05) is 13.3 Å². The van der Waals surface area contributed by atoms with E-state index in [2.05, 4.69) is 12.2 Å². The molecule has 1 saturated heterocycles. The predicted octanol–water partition coefficient (Wildman–Crippen LogP) is 2.46. The lowest BCUT2D eigenvalue weighted by Crippen LogP contribution is -2.50. The SMILES string of the molecule is CC1CCC(CNC(=O)N2CCCCC2CC(=O)O)C1. The second kappa shape index (κ2) is 6.95. The molecule has 0 spiro atoms. The summed E-state index contributed by atoms with van der Waals surface area (Å²) < 4.78 is 0. The molecule has 1 aliphatic heterocycles. The summed E-state index contributed by atoms with van der Waals surface area (Å²) in [6.07, 6.45) is 6.50. The molecule has 3 atom stereocenters. The van der Waals surface area contributed by atoms with E-state index in [1.807, 2.05) is 0 Å². The molecule has 1 saturated carbocycles. The molecule has 5 nitrogen and oxygen atoms in total. The van der Waals surface area contributed by atoms with E-state index in [9.17, 15) is 9.59 Å². The number of carboxylic acid groups (broad SMARTS) is 1. The summed E-state index contributed by atoms with van der Waals surface area (Å²) in [7, 11) is 0. The van der Waals surface area contributed by atoms with Gasteiger partial charge in [0.15, 0.2) is 0 Å². The molecule has 0 bridgehead atoms. The predicted molar refractivity (Wildman–Crippen MR) is 76.5 cm³/mol. The fourth-order valence-electron chi connectivity index (χ4n) is 3.53. The van der Waals surface area contributed by atoms with Gasteiger partial charge in [0.25, 0.3) is 0 Å². The zero-order valence-electron chi connectivity index (χ0n) is 12.3. The minimum Gasteiger partial charge on any atom is -0.481 e. The lowest BCUT2D eigenvalue weighted by Gasteiger charge is -2.35. The Bertz CT molecular complexity index is 359. The van der Waals surface area contributed by atoms with Gasteiger partial charge in [-0.25, -0.2) is 4.79 Å². The average Bonchev–Trinajstić information content (AvgIpc) is 2.82. The fourth-order valence-corrected chi connectivity index (χ4v) is 3.53. The van der Waals surface area contributed by atoms with Crippen LogP contribution in [0.1, 0.15) is 51.9 Å². The normalized spacial score (nSPS) is 30.2. The average molecular weight is 282 g/mol. The molecule has 2 fully saturated rings. The van der Waals surface area contributed by atoms with Gasteiger partial charge < -0.3 is 15.3 Å². The number of nitrogens with zero attached hydrogens (tertiary/aromatic N) is 1. The zero-order valence-corrected chi connectivity index (χ0v) is 12.3. The number of carbonyl (C=O) groups excluding carboxylic acids is 1. The van der Waals surface area contributed by atoms with E-state index < -0.39 is 5.97 Å². The van der Waals surface area contributed by atoms with E-state index in [1.165, 1.54) is 19.3 Å². The molecular weight excluding hydrogens is 256 g/mol. The summed E-state index contributed by atoms with van der Waals surface area (Å²) >= 11 is 0. The highest BCUT2D eigenvalue weighted by molar-refractivity contribution is 5.76. The van der Waals surface area contributed by atoms with Crippen molar-refractivity contribution in [2.75, 3.05) is 13.1 Å². The van der Waals surface area contributed by atoms with Crippen LogP contribution in [0.2, 0.25) is 0 Å². The van der Waals surface area contributed by atoms with Crippen molar-refractivity contribution < 1.29 is 14.7 Å². The number of nitrogens with one attached hydrogen (secondary N) is 1. The zero-order chi connectivity index (χ0) is 14.5. The van der Waals surface area contributed by atoms with Crippen LogP contribution in [0.3, 0.4) is 0 Å². The van der Waals surface area contributed by atoms with Crippen molar-refractivity contribution >= 4 is 12.0 Å². The number of piperidine rings is 1. The van der Waals surface area contributed by atoms with Crippen LogP contribution >= 0.6 is 0 Å². The van der Waals surface area contributed by atoms with Crippen LogP contribution in [-0.4, -0.2) is 41.1 Å². The van der Waals surface area contributed by atoms with E-state index in [0.717, 1.165) is 31.7 Å². The second-order valence-corrected chi connectivity index (χ2v) is 6.41. The number of amides is 2. The van der Waals surface area contributed by atoms with Crippen molar-refractivity contribution in [3.8, 4) is 0 Å². The van der Waals surface area contributed by atoms with Gasteiger partial charge in [-0.2, -0.15) is 0 Å². The maximum absolute atomic E-state index is 12.3. The highest BCUT2D eigenvalue weighted by atomic mass is 16.4. The number of rotatable bonds is 4. The van der Waals surface area contributed by atoms with E-state index in [4.69, 9.17) is 5.11 Å². The van der Waals surface area contributed by atoms with Crippen molar-refractivity contribution in [2.24, 2.45) is 11.8 Å². The molecule has 114 valence electrons. The van der Waals surface area contributed by atoms with Gasteiger partial charge in [-0.05, 0) is 43.9 Å². The molecule has 0 aromatic carbocycles. The van der Waals surface area contributed by atoms with Gasteiger partial charge in [0.2, 0.25) is 0 Å². The first-order chi connectivity index (χ1) is 9.56. The molecule has 0 aromatic heterocycles. The summed E-state index contributed by atoms with van der Waals surface area (Å²) in [5.74, 6) is 0.544. The molecule has 20 heavy (non-hydrogen) atoms. The van der Waals surface area contributed by atoms with Crippen LogP contribution in [0.4, 0.5) is 4.79 Å². The number of hydrogen-bond acceptors (Lipinski definition) is 2. The highest BCUT2D eigenvalue weighted by Crippen LogP contribution is 2.29. The number of urea groups is 1. The van der Waals surface area contributed by atoms with Gasteiger partial charge in [0.05, 0.1) is 6.42 Å². The number of aliphatic carboxylic acids is 1. The lowest BCUT2D eigenvalue weighted by molar-refractivity contribution is -0.138. The molecule has 2 aliphatic rings. The Hall–Kier alpha value is -1.26. The summed E-state index contributed by atoms with van der Waals surface area (Å²) in [6.45, 7) is 3.68. The topological polar surface area (TPSA) is 69.6 Å². The number of likely N-dealkylation sites (tertiary alicyclic amines) is 1. The Balaban J connectivity index is 1.81. The van der Waals surface area contributed by atoms with Crippen molar-refractivity contribution in [1.82, 2.24) is 10.2 Å². The first-order valence-corrected chi connectivity index (χ1v) is 7.82. The number of carboxylic acids is 1. The molecule has 0 radical (unpaired) electrons.